The molecular formula is C27H24N4O2S. The molecule has 5 aromatic rings. The van der Waals surface area contributed by atoms with Gasteiger partial charge in [0.25, 0.3) is 5.56 Å². The SMILES string of the molecule is Cc1ccc(-c2nnc(C(C)Sc3nc4ccccc4c(=O)n3-c3ccc(C)c(C)c3)o2)cc1. The second-order valence-corrected chi connectivity index (χ2v) is 9.70. The second kappa shape index (κ2) is 8.91. The number of para-hydroxylation sites is 1. The average molecular weight is 469 g/mol. The van der Waals surface area contributed by atoms with Crippen LogP contribution in [0.2, 0.25) is 0 Å². The van der Waals surface area contributed by atoms with Crippen LogP contribution in [0, 0.1) is 20.8 Å². The van der Waals surface area contributed by atoms with Gasteiger partial charge in [-0.15, -0.1) is 10.2 Å². The molecule has 0 saturated heterocycles. The Balaban J connectivity index is 1.56. The Labute approximate surface area is 201 Å². The molecule has 0 N–H and O–H groups in total. The number of benzene rings is 3. The molecule has 6 nitrogen and oxygen atoms in total. The van der Waals surface area contributed by atoms with Crippen molar-refractivity contribution in [1.82, 2.24) is 19.7 Å². The lowest BCUT2D eigenvalue weighted by atomic mass is 10.1. The maximum absolute atomic E-state index is 13.5. The van der Waals surface area contributed by atoms with Crippen molar-refractivity contribution in [2.24, 2.45) is 0 Å². The van der Waals surface area contributed by atoms with E-state index in [9.17, 15) is 4.79 Å². The lowest BCUT2D eigenvalue weighted by Gasteiger charge is -2.16. The highest BCUT2D eigenvalue weighted by molar-refractivity contribution is 7.99. The maximum atomic E-state index is 13.5. The first kappa shape index (κ1) is 22.1. The first-order chi connectivity index (χ1) is 16.4. The predicted octanol–water partition coefficient (Wildman–Crippen LogP) is 6.21. The summed E-state index contributed by atoms with van der Waals surface area (Å²) < 4.78 is 7.66. The van der Waals surface area contributed by atoms with E-state index in [2.05, 4.69) is 17.1 Å². The summed E-state index contributed by atoms with van der Waals surface area (Å²) >= 11 is 1.42. The van der Waals surface area contributed by atoms with Crippen LogP contribution in [-0.2, 0) is 0 Å². The number of fused-ring (bicyclic) bond motifs is 1. The molecular weight excluding hydrogens is 444 g/mol. The van der Waals surface area contributed by atoms with E-state index in [0.717, 1.165) is 16.8 Å². The highest BCUT2D eigenvalue weighted by Crippen LogP contribution is 2.35. The van der Waals surface area contributed by atoms with Crippen molar-refractivity contribution in [3.05, 3.63) is 99.7 Å². The normalized spacial score (nSPS) is 12.2. The molecule has 0 spiro atoms. The van der Waals surface area contributed by atoms with E-state index < -0.39 is 0 Å². The highest BCUT2D eigenvalue weighted by atomic mass is 32.2. The van der Waals surface area contributed by atoms with Crippen LogP contribution >= 0.6 is 11.8 Å². The monoisotopic (exact) mass is 468 g/mol. The third-order valence-corrected chi connectivity index (χ3v) is 6.90. The fourth-order valence-corrected chi connectivity index (χ4v) is 4.66. The highest BCUT2D eigenvalue weighted by Gasteiger charge is 2.21. The molecule has 1 atom stereocenters. The maximum Gasteiger partial charge on any atom is 0.266 e. The number of hydrogen-bond acceptors (Lipinski definition) is 6. The molecule has 0 bridgehead atoms. The van der Waals surface area contributed by atoms with Crippen LogP contribution in [0.25, 0.3) is 28.0 Å². The first-order valence-corrected chi connectivity index (χ1v) is 11.9. The molecule has 0 amide bonds. The van der Waals surface area contributed by atoms with Crippen LogP contribution in [0.15, 0.2) is 81.1 Å². The molecule has 5 rings (SSSR count). The summed E-state index contributed by atoms with van der Waals surface area (Å²) in [6, 6.07) is 21.4. The van der Waals surface area contributed by atoms with Gasteiger partial charge >= 0.3 is 0 Å². The first-order valence-electron chi connectivity index (χ1n) is 11.1. The average Bonchev–Trinajstić information content (AvgIpc) is 3.32. The Morgan fingerprint density at radius 3 is 2.44 bits per heavy atom. The van der Waals surface area contributed by atoms with Crippen LogP contribution < -0.4 is 5.56 Å². The zero-order valence-electron chi connectivity index (χ0n) is 19.4. The molecule has 3 aromatic carbocycles. The Kier molecular flexibility index (Phi) is 5.79. The van der Waals surface area contributed by atoms with Gasteiger partial charge in [-0.1, -0.05) is 47.7 Å². The van der Waals surface area contributed by atoms with Crippen molar-refractivity contribution in [3.8, 4) is 17.1 Å². The summed E-state index contributed by atoms with van der Waals surface area (Å²) in [5.74, 6) is 0.954. The van der Waals surface area contributed by atoms with Gasteiger partial charge in [-0.2, -0.15) is 0 Å². The summed E-state index contributed by atoms with van der Waals surface area (Å²) in [6.45, 7) is 8.11. The third kappa shape index (κ3) is 4.15. The van der Waals surface area contributed by atoms with E-state index >= 15 is 0 Å². The number of hydrogen-bond donors (Lipinski definition) is 0. The van der Waals surface area contributed by atoms with Gasteiger partial charge in [-0.3, -0.25) is 9.36 Å². The van der Waals surface area contributed by atoms with Gasteiger partial charge in [0.1, 0.15) is 0 Å². The van der Waals surface area contributed by atoms with Crippen molar-refractivity contribution < 1.29 is 4.42 Å². The van der Waals surface area contributed by atoms with Crippen LogP contribution in [-0.4, -0.2) is 19.7 Å². The molecule has 0 fully saturated rings. The molecule has 170 valence electrons. The molecule has 0 radical (unpaired) electrons. The number of aryl methyl sites for hydroxylation is 3. The minimum atomic E-state index is -0.211. The Hall–Kier alpha value is -3.71. The predicted molar refractivity (Wildman–Crippen MR) is 136 cm³/mol. The molecule has 0 aliphatic rings. The molecule has 34 heavy (non-hydrogen) atoms. The topological polar surface area (TPSA) is 73.8 Å². The van der Waals surface area contributed by atoms with E-state index in [4.69, 9.17) is 9.40 Å². The van der Waals surface area contributed by atoms with E-state index in [1.54, 1.807) is 4.57 Å². The molecule has 7 heteroatoms. The van der Waals surface area contributed by atoms with Crippen molar-refractivity contribution in [3.63, 3.8) is 0 Å². The zero-order chi connectivity index (χ0) is 23.8. The minimum Gasteiger partial charge on any atom is -0.419 e. The van der Waals surface area contributed by atoms with E-state index in [-0.39, 0.29) is 10.8 Å². The standard InChI is InChI=1S/C27H24N4O2S/c1-16-9-12-20(13-10-16)25-30-29-24(33-25)19(4)34-27-28-23-8-6-5-7-22(23)26(32)31(27)21-14-11-17(2)18(3)15-21/h5-15,19H,1-4H3. The fraction of sp³-hybridized carbons (Fsp3) is 0.185. The van der Waals surface area contributed by atoms with Crippen molar-refractivity contribution in [2.45, 2.75) is 38.1 Å². The lowest BCUT2D eigenvalue weighted by molar-refractivity contribution is 0.508. The smallest absolute Gasteiger partial charge is 0.266 e. The van der Waals surface area contributed by atoms with Gasteiger partial charge < -0.3 is 4.42 Å². The third-order valence-electron chi connectivity index (χ3n) is 5.86. The lowest BCUT2D eigenvalue weighted by Crippen LogP contribution is -2.22. The number of nitrogens with zero attached hydrogens (tertiary/aromatic N) is 4. The zero-order valence-corrected chi connectivity index (χ0v) is 20.3. The van der Waals surface area contributed by atoms with Crippen molar-refractivity contribution >= 4 is 22.7 Å². The van der Waals surface area contributed by atoms with Gasteiger partial charge in [0, 0.05) is 5.56 Å². The van der Waals surface area contributed by atoms with Gasteiger partial charge in [0.05, 0.1) is 21.8 Å². The fourth-order valence-electron chi connectivity index (χ4n) is 3.70. The quantitative estimate of drug-likeness (QED) is 0.225. The van der Waals surface area contributed by atoms with Gasteiger partial charge in [0.2, 0.25) is 11.8 Å². The molecule has 0 saturated carbocycles. The van der Waals surface area contributed by atoms with E-state index in [0.29, 0.717) is 27.8 Å². The Bertz CT molecular complexity index is 1550. The van der Waals surface area contributed by atoms with Gasteiger partial charge in [-0.25, -0.2) is 4.98 Å². The van der Waals surface area contributed by atoms with E-state index in [1.165, 1.54) is 22.9 Å². The molecule has 2 aromatic heterocycles. The van der Waals surface area contributed by atoms with E-state index in [1.807, 2.05) is 87.5 Å². The largest absolute Gasteiger partial charge is 0.419 e. The summed E-state index contributed by atoms with van der Waals surface area (Å²) in [5, 5.41) is 9.45. The van der Waals surface area contributed by atoms with Crippen molar-refractivity contribution in [1.29, 1.82) is 0 Å². The number of aromatic nitrogens is 4. The van der Waals surface area contributed by atoms with Crippen LogP contribution in [0.3, 0.4) is 0 Å². The van der Waals surface area contributed by atoms with Crippen molar-refractivity contribution in [2.75, 3.05) is 0 Å². The molecule has 2 heterocycles. The molecule has 1 unspecified atom stereocenters. The molecule has 0 aliphatic carbocycles. The summed E-state index contributed by atoms with van der Waals surface area (Å²) in [7, 11) is 0. The van der Waals surface area contributed by atoms with Crippen LogP contribution in [0.4, 0.5) is 0 Å². The summed E-state index contributed by atoms with van der Waals surface area (Å²) in [4.78, 5) is 18.4. The second-order valence-electron chi connectivity index (χ2n) is 8.39. The van der Waals surface area contributed by atoms with Gasteiger partial charge in [0.15, 0.2) is 5.16 Å². The minimum absolute atomic E-state index is 0.102. The van der Waals surface area contributed by atoms with Crippen LogP contribution in [0.1, 0.15) is 34.8 Å². The Morgan fingerprint density at radius 2 is 1.68 bits per heavy atom. The molecule has 0 aliphatic heterocycles. The number of thioether (sulfide) groups is 1. The Morgan fingerprint density at radius 1 is 0.912 bits per heavy atom. The van der Waals surface area contributed by atoms with Gasteiger partial charge in [-0.05, 0) is 75.2 Å². The summed E-state index contributed by atoms with van der Waals surface area (Å²) in [6.07, 6.45) is 0. The number of rotatable bonds is 5. The summed E-state index contributed by atoms with van der Waals surface area (Å²) in [5.41, 5.74) is 5.66. The van der Waals surface area contributed by atoms with Crippen LogP contribution in [0.5, 0.6) is 0 Å².